The molecule has 180 valence electrons. The van der Waals surface area contributed by atoms with E-state index >= 15 is 0 Å². The lowest BCUT2D eigenvalue weighted by atomic mass is 10.4. The summed E-state index contributed by atoms with van der Waals surface area (Å²) in [5.74, 6) is -0.799. The highest BCUT2D eigenvalue weighted by Crippen LogP contribution is 2.10. The van der Waals surface area contributed by atoms with Crippen LogP contribution in [0.2, 0.25) is 0 Å². The quantitative estimate of drug-likeness (QED) is 0.125. The van der Waals surface area contributed by atoms with Crippen LogP contribution in [0.15, 0.2) is 0 Å². The molecule has 0 fully saturated rings. The smallest absolute Gasteiger partial charge is 0.305 e. The van der Waals surface area contributed by atoms with Crippen molar-refractivity contribution >= 4 is 47.6 Å². The molecule has 0 aromatic carbocycles. The molecule has 2 aromatic heterocycles. The van der Waals surface area contributed by atoms with E-state index in [9.17, 15) is 9.59 Å². The second-order valence-electron chi connectivity index (χ2n) is 6.36. The number of aromatic nitrogens is 6. The van der Waals surface area contributed by atoms with Gasteiger partial charge in [-0.25, -0.2) is 0 Å². The number of carbonyl (C=O) groups is 2. The Morgan fingerprint density at radius 3 is 1.30 bits per heavy atom. The van der Waals surface area contributed by atoms with E-state index in [1.54, 1.807) is 0 Å². The Balaban J connectivity index is 1.91. The van der Waals surface area contributed by atoms with Crippen molar-refractivity contribution in [2.24, 2.45) is 5.73 Å². The highest BCUT2D eigenvalue weighted by molar-refractivity contribution is 5.67. The lowest BCUT2D eigenvalue weighted by Gasteiger charge is -2.11. The Morgan fingerprint density at radius 1 is 0.606 bits per heavy atom. The first-order valence-corrected chi connectivity index (χ1v) is 9.96. The number of carboxylic acids is 2. The van der Waals surface area contributed by atoms with Crippen LogP contribution >= 0.6 is 0 Å². The minimum Gasteiger partial charge on any atom is -0.481 e. The van der Waals surface area contributed by atoms with Gasteiger partial charge in [0.25, 0.3) is 0 Å². The molecule has 0 aliphatic carbocycles. The molecule has 11 N–H and O–H groups in total. The normalized spacial score (nSPS) is 10.3. The Hall–Kier alpha value is -4.28. The fourth-order valence-electron chi connectivity index (χ4n) is 2.26. The molecule has 17 heteroatoms. The maximum Gasteiger partial charge on any atom is 0.305 e. The fourth-order valence-corrected chi connectivity index (χ4v) is 2.26. The van der Waals surface area contributed by atoms with Gasteiger partial charge < -0.3 is 48.3 Å². The number of hydrogen-bond acceptors (Lipinski definition) is 15. The molecular formula is C16H27N13O4. The van der Waals surface area contributed by atoms with Gasteiger partial charge in [0.05, 0.1) is 12.8 Å². The summed E-state index contributed by atoms with van der Waals surface area (Å²) in [6, 6.07) is 0. The molecule has 2 heterocycles. The van der Waals surface area contributed by atoms with Crippen molar-refractivity contribution in [3.8, 4) is 0 Å². The standard InChI is InChI=1S/C16H27N13O4/c17-3-6-21-15-27-14(20-5-2-10(32)33)28-16(29-15)23-8-7-22-13-25-11(18)24-12(26-13)19-4-1-9(30)31/h1-8,17H2,(H,30,31)(H,32,33)(H4,18,19,22,24,25,26)(H3,20,21,23,27,28,29). The highest BCUT2D eigenvalue weighted by atomic mass is 16.4. The van der Waals surface area contributed by atoms with Crippen molar-refractivity contribution in [3.05, 3.63) is 0 Å². The molecule has 17 nitrogen and oxygen atoms in total. The summed E-state index contributed by atoms with van der Waals surface area (Å²) in [5.41, 5.74) is 11.1. The molecule has 0 saturated carbocycles. The second kappa shape index (κ2) is 13.2. The van der Waals surface area contributed by atoms with Crippen LogP contribution in [0, 0.1) is 0 Å². The van der Waals surface area contributed by atoms with E-state index in [0.717, 1.165) is 0 Å². The molecule has 0 amide bonds. The summed E-state index contributed by atoms with van der Waals surface area (Å²) in [6.07, 6.45) is -0.189. The third kappa shape index (κ3) is 10.0. The number of anilines is 6. The van der Waals surface area contributed by atoms with Gasteiger partial charge >= 0.3 is 11.9 Å². The molecule has 2 aromatic rings. The van der Waals surface area contributed by atoms with E-state index in [2.05, 4.69) is 56.5 Å². The molecule has 33 heavy (non-hydrogen) atoms. The molecule has 2 rings (SSSR count). The highest BCUT2D eigenvalue weighted by Gasteiger charge is 2.08. The molecule has 0 saturated heterocycles. The van der Waals surface area contributed by atoms with Crippen molar-refractivity contribution in [3.63, 3.8) is 0 Å². The van der Waals surface area contributed by atoms with E-state index in [0.29, 0.717) is 26.2 Å². The first kappa shape index (κ1) is 25.0. The number of nitrogen functional groups attached to an aromatic ring is 1. The van der Waals surface area contributed by atoms with Crippen LogP contribution in [-0.4, -0.2) is 91.3 Å². The van der Waals surface area contributed by atoms with E-state index in [4.69, 9.17) is 21.7 Å². The minimum atomic E-state index is -0.950. The molecule has 0 radical (unpaired) electrons. The Labute approximate surface area is 188 Å². The lowest BCUT2D eigenvalue weighted by molar-refractivity contribution is -0.137. The van der Waals surface area contributed by atoms with Crippen molar-refractivity contribution < 1.29 is 19.8 Å². The van der Waals surface area contributed by atoms with E-state index in [1.165, 1.54) is 0 Å². The lowest BCUT2D eigenvalue weighted by Crippen LogP contribution is -2.20. The zero-order chi connectivity index (χ0) is 24.1. The zero-order valence-electron chi connectivity index (χ0n) is 17.7. The van der Waals surface area contributed by atoms with Gasteiger partial charge in [0.15, 0.2) is 0 Å². The first-order chi connectivity index (χ1) is 15.9. The van der Waals surface area contributed by atoms with Gasteiger partial charge in [-0.05, 0) is 0 Å². The van der Waals surface area contributed by atoms with Crippen molar-refractivity contribution in [2.75, 3.05) is 71.6 Å². The molecule has 0 spiro atoms. The number of rotatable bonds is 16. The fraction of sp³-hybridized carbons (Fsp3) is 0.500. The molecule has 0 atom stereocenters. The van der Waals surface area contributed by atoms with Gasteiger partial charge in [0, 0.05) is 39.3 Å². The Bertz CT molecular complexity index is 929. The number of nitrogens with one attached hydrogen (secondary N) is 5. The third-order valence-corrected chi connectivity index (χ3v) is 3.65. The van der Waals surface area contributed by atoms with Crippen molar-refractivity contribution in [2.45, 2.75) is 12.8 Å². The number of aliphatic carboxylic acids is 2. The SMILES string of the molecule is NCCNc1nc(NCCNc2nc(N)nc(NCCC(=O)O)n2)nc(NCCC(=O)O)n1. The average Bonchev–Trinajstić information content (AvgIpc) is 2.74. The third-order valence-electron chi connectivity index (χ3n) is 3.65. The Kier molecular flexibility index (Phi) is 9.99. The van der Waals surface area contributed by atoms with Gasteiger partial charge in [-0.2, -0.15) is 29.9 Å². The topological polar surface area (TPSA) is 264 Å². The molecule has 0 bridgehead atoms. The number of hydrogen-bond donors (Lipinski definition) is 9. The summed E-state index contributed by atoms with van der Waals surface area (Å²) in [5, 5.41) is 32.0. The van der Waals surface area contributed by atoms with Crippen LogP contribution < -0.4 is 38.1 Å². The van der Waals surface area contributed by atoms with Crippen LogP contribution in [0.1, 0.15) is 12.8 Å². The van der Waals surface area contributed by atoms with Gasteiger partial charge in [-0.15, -0.1) is 0 Å². The summed E-state index contributed by atoms with van der Waals surface area (Å²) in [6.45, 7) is 1.84. The van der Waals surface area contributed by atoms with Gasteiger partial charge in [0.2, 0.25) is 35.7 Å². The van der Waals surface area contributed by atoms with Gasteiger partial charge in [-0.1, -0.05) is 0 Å². The maximum atomic E-state index is 10.7. The van der Waals surface area contributed by atoms with Crippen molar-refractivity contribution in [1.29, 1.82) is 0 Å². The predicted molar refractivity (Wildman–Crippen MR) is 120 cm³/mol. The van der Waals surface area contributed by atoms with Gasteiger partial charge in [0.1, 0.15) is 0 Å². The summed E-state index contributed by atoms with van der Waals surface area (Å²) < 4.78 is 0. The van der Waals surface area contributed by atoms with E-state index in [1.807, 2.05) is 0 Å². The van der Waals surface area contributed by atoms with Crippen LogP contribution in [-0.2, 0) is 9.59 Å². The van der Waals surface area contributed by atoms with Gasteiger partial charge in [-0.3, -0.25) is 9.59 Å². The van der Waals surface area contributed by atoms with E-state index in [-0.39, 0.29) is 61.6 Å². The van der Waals surface area contributed by atoms with Crippen LogP contribution in [0.5, 0.6) is 0 Å². The van der Waals surface area contributed by atoms with E-state index < -0.39 is 11.9 Å². The molecular weight excluding hydrogens is 438 g/mol. The summed E-state index contributed by atoms with van der Waals surface area (Å²) >= 11 is 0. The van der Waals surface area contributed by atoms with Crippen LogP contribution in [0.4, 0.5) is 35.7 Å². The predicted octanol–water partition coefficient (Wildman–Crippen LogP) is -1.69. The first-order valence-electron chi connectivity index (χ1n) is 9.96. The molecule has 0 aliphatic heterocycles. The number of nitrogens with two attached hydrogens (primary N) is 2. The second-order valence-corrected chi connectivity index (χ2v) is 6.36. The zero-order valence-corrected chi connectivity index (χ0v) is 17.7. The van der Waals surface area contributed by atoms with Crippen LogP contribution in [0.25, 0.3) is 0 Å². The maximum absolute atomic E-state index is 10.7. The Morgan fingerprint density at radius 2 is 0.939 bits per heavy atom. The monoisotopic (exact) mass is 465 g/mol. The average molecular weight is 465 g/mol. The summed E-state index contributed by atoms with van der Waals surface area (Å²) in [4.78, 5) is 45.9. The molecule has 0 unspecified atom stereocenters. The van der Waals surface area contributed by atoms with Crippen LogP contribution in [0.3, 0.4) is 0 Å². The number of carboxylic acid groups (broad SMARTS) is 2. The number of nitrogens with zero attached hydrogens (tertiary/aromatic N) is 6. The molecule has 0 aliphatic rings. The van der Waals surface area contributed by atoms with Crippen molar-refractivity contribution in [1.82, 2.24) is 29.9 Å². The largest absolute Gasteiger partial charge is 0.481 e. The summed E-state index contributed by atoms with van der Waals surface area (Å²) in [7, 11) is 0. The minimum absolute atomic E-state index is 0.0246.